The molecule has 4 nitrogen and oxygen atoms in total. The predicted octanol–water partition coefficient (Wildman–Crippen LogP) is 3.65. The van der Waals surface area contributed by atoms with Crippen molar-refractivity contribution in [3.05, 3.63) is 40.3 Å². The average Bonchev–Trinajstić information content (AvgIpc) is 2.76. The number of aromatic nitrogens is 4. The van der Waals surface area contributed by atoms with Crippen molar-refractivity contribution in [3.8, 4) is 0 Å². The number of hydrogen-bond acceptors (Lipinski definition) is 3. The summed E-state index contributed by atoms with van der Waals surface area (Å²) in [5.74, 6) is -0.572. The molecule has 2 aromatic rings. The zero-order chi connectivity index (χ0) is 14.3. The van der Waals surface area contributed by atoms with Gasteiger partial charge in [0.15, 0.2) is 10.8 Å². The standard InChI is InChI=1S/C12H8Cl2F2N4/c13-10-9-11(19-12(14)18-10)20(5-17-9)4-6-1-2-7(15)3-8(6)16/h1,3,5,7H,2,4H2. The number of fused-ring (bicyclic) bond motifs is 1. The Hall–Kier alpha value is -1.53. The van der Waals surface area contributed by atoms with Crippen molar-refractivity contribution in [3.63, 3.8) is 0 Å². The first-order valence-corrected chi connectivity index (χ1v) is 6.55. The highest BCUT2D eigenvalue weighted by Crippen LogP contribution is 2.26. The maximum atomic E-state index is 13.7. The number of hydrogen-bond donors (Lipinski definition) is 0. The van der Waals surface area contributed by atoms with Gasteiger partial charge in [0.25, 0.3) is 0 Å². The lowest BCUT2D eigenvalue weighted by Gasteiger charge is -2.13. The number of nitrogens with zero attached hydrogens (tertiary/aromatic N) is 4. The van der Waals surface area contributed by atoms with Gasteiger partial charge in [-0.25, -0.2) is 18.7 Å². The molecule has 1 aliphatic rings. The van der Waals surface area contributed by atoms with Gasteiger partial charge in [0.2, 0.25) is 5.28 Å². The van der Waals surface area contributed by atoms with Crippen LogP contribution in [0.25, 0.3) is 11.2 Å². The zero-order valence-electron chi connectivity index (χ0n) is 10.0. The van der Waals surface area contributed by atoms with Crippen LogP contribution in [-0.2, 0) is 6.54 Å². The van der Waals surface area contributed by atoms with E-state index in [1.165, 1.54) is 12.4 Å². The highest BCUT2D eigenvalue weighted by molar-refractivity contribution is 6.35. The lowest BCUT2D eigenvalue weighted by molar-refractivity contribution is 0.389. The van der Waals surface area contributed by atoms with Crippen molar-refractivity contribution in [2.75, 3.05) is 0 Å². The predicted molar refractivity (Wildman–Crippen MR) is 72.1 cm³/mol. The summed E-state index contributed by atoms with van der Waals surface area (Å²) in [4.78, 5) is 11.9. The monoisotopic (exact) mass is 316 g/mol. The minimum Gasteiger partial charge on any atom is -0.311 e. The summed E-state index contributed by atoms with van der Waals surface area (Å²) in [6, 6.07) is 0. The van der Waals surface area contributed by atoms with E-state index in [2.05, 4.69) is 15.0 Å². The summed E-state index contributed by atoms with van der Waals surface area (Å²) in [7, 11) is 0. The molecule has 1 unspecified atom stereocenters. The van der Waals surface area contributed by atoms with E-state index in [0.29, 0.717) is 16.7 Å². The van der Waals surface area contributed by atoms with Gasteiger partial charge < -0.3 is 4.57 Å². The van der Waals surface area contributed by atoms with E-state index >= 15 is 0 Å². The van der Waals surface area contributed by atoms with E-state index in [9.17, 15) is 8.78 Å². The highest BCUT2D eigenvalue weighted by atomic mass is 35.5. The Morgan fingerprint density at radius 1 is 1.35 bits per heavy atom. The number of rotatable bonds is 2. The Morgan fingerprint density at radius 3 is 2.90 bits per heavy atom. The van der Waals surface area contributed by atoms with E-state index < -0.39 is 12.0 Å². The quantitative estimate of drug-likeness (QED) is 0.627. The number of imidazole rings is 1. The van der Waals surface area contributed by atoms with Crippen LogP contribution in [0.15, 0.2) is 29.9 Å². The zero-order valence-corrected chi connectivity index (χ0v) is 11.5. The molecule has 0 N–H and O–H groups in total. The van der Waals surface area contributed by atoms with Gasteiger partial charge in [-0.1, -0.05) is 17.7 Å². The van der Waals surface area contributed by atoms with Gasteiger partial charge in [-0.3, -0.25) is 0 Å². The van der Waals surface area contributed by atoms with Crippen molar-refractivity contribution in [1.82, 2.24) is 19.5 Å². The first-order valence-electron chi connectivity index (χ1n) is 5.79. The molecule has 0 saturated carbocycles. The fourth-order valence-corrected chi connectivity index (χ4v) is 2.43. The summed E-state index contributed by atoms with van der Waals surface area (Å²) in [5.41, 5.74) is 1.18. The van der Waals surface area contributed by atoms with E-state index in [1.807, 2.05) is 0 Å². The van der Waals surface area contributed by atoms with Gasteiger partial charge in [0.05, 0.1) is 12.9 Å². The van der Waals surface area contributed by atoms with Crippen molar-refractivity contribution in [2.45, 2.75) is 19.1 Å². The van der Waals surface area contributed by atoms with Gasteiger partial charge in [-0.05, 0) is 17.7 Å². The van der Waals surface area contributed by atoms with Crippen LogP contribution < -0.4 is 0 Å². The first kappa shape index (κ1) is 13.5. The third-order valence-electron chi connectivity index (χ3n) is 2.96. The molecule has 0 aromatic carbocycles. The van der Waals surface area contributed by atoms with E-state index in [0.717, 1.165) is 6.08 Å². The number of allylic oxidation sites excluding steroid dienone is 4. The topological polar surface area (TPSA) is 43.6 Å². The number of halogens is 4. The van der Waals surface area contributed by atoms with E-state index in [1.54, 1.807) is 4.57 Å². The van der Waals surface area contributed by atoms with Crippen molar-refractivity contribution in [1.29, 1.82) is 0 Å². The third-order valence-corrected chi connectivity index (χ3v) is 3.39. The third kappa shape index (κ3) is 2.41. The van der Waals surface area contributed by atoms with Crippen LogP contribution in [-0.4, -0.2) is 25.7 Å². The molecule has 1 atom stereocenters. The molecular formula is C12H8Cl2F2N4. The van der Waals surface area contributed by atoms with Gasteiger partial charge in [0.1, 0.15) is 17.5 Å². The summed E-state index contributed by atoms with van der Waals surface area (Å²) < 4.78 is 28.3. The molecule has 0 radical (unpaired) electrons. The Bertz CT molecular complexity index is 738. The lowest BCUT2D eigenvalue weighted by atomic mass is 10.0. The van der Waals surface area contributed by atoms with Gasteiger partial charge in [0, 0.05) is 12.0 Å². The summed E-state index contributed by atoms with van der Waals surface area (Å²) in [6.45, 7) is 0.176. The second-order valence-corrected chi connectivity index (χ2v) is 5.02. The molecule has 2 heterocycles. The smallest absolute Gasteiger partial charge is 0.225 e. The molecule has 8 heteroatoms. The highest BCUT2D eigenvalue weighted by Gasteiger charge is 2.17. The second-order valence-electron chi connectivity index (χ2n) is 4.32. The van der Waals surface area contributed by atoms with Crippen LogP contribution >= 0.6 is 23.2 Å². The molecule has 0 spiro atoms. The second kappa shape index (κ2) is 5.10. The molecule has 3 rings (SSSR count). The first-order chi connectivity index (χ1) is 9.54. The lowest BCUT2D eigenvalue weighted by Crippen LogP contribution is -2.08. The Labute approximate surface area is 122 Å². The largest absolute Gasteiger partial charge is 0.311 e. The Balaban J connectivity index is 1.98. The van der Waals surface area contributed by atoms with Crippen molar-refractivity contribution < 1.29 is 8.78 Å². The minimum atomic E-state index is -1.27. The maximum absolute atomic E-state index is 13.7. The fraction of sp³-hybridized carbons (Fsp3) is 0.250. The Morgan fingerprint density at radius 2 is 2.15 bits per heavy atom. The molecule has 0 amide bonds. The van der Waals surface area contributed by atoms with E-state index in [4.69, 9.17) is 23.2 Å². The van der Waals surface area contributed by atoms with Gasteiger partial charge in [-0.2, -0.15) is 4.98 Å². The maximum Gasteiger partial charge on any atom is 0.225 e. The average molecular weight is 317 g/mol. The SMILES string of the molecule is FC1=CC(F)CC=C1Cn1cnc2c(Cl)nc(Cl)nc21. The summed E-state index contributed by atoms with van der Waals surface area (Å²) in [6.07, 6.45) is 2.84. The van der Waals surface area contributed by atoms with Gasteiger partial charge in [-0.15, -0.1) is 0 Å². The Kier molecular flexibility index (Phi) is 3.43. The van der Waals surface area contributed by atoms with Crippen LogP contribution in [0.3, 0.4) is 0 Å². The molecule has 0 saturated heterocycles. The summed E-state index contributed by atoms with van der Waals surface area (Å²) in [5, 5.41) is 0.123. The minimum absolute atomic E-state index is 0.0123. The fourth-order valence-electron chi connectivity index (χ4n) is 2.01. The van der Waals surface area contributed by atoms with E-state index in [-0.39, 0.29) is 23.4 Å². The van der Waals surface area contributed by atoms with Crippen LogP contribution in [0.2, 0.25) is 10.4 Å². The van der Waals surface area contributed by atoms with Gasteiger partial charge >= 0.3 is 0 Å². The van der Waals surface area contributed by atoms with Crippen LogP contribution in [0.5, 0.6) is 0 Å². The van der Waals surface area contributed by atoms with Crippen LogP contribution in [0, 0.1) is 0 Å². The normalized spacial score (nSPS) is 19.1. The number of alkyl halides is 1. The molecule has 0 fully saturated rings. The molecule has 1 aliphatic carbocycles. The van der Waals surface area contributed by atoms with Crippen LogP contribution in [0.1, 0.15) is 6.42 Å². The molecule has 0 aliphatic heterocycles. The molecule has 20 heavy (non-hydrogen) atoms. The van der Waals surface area contributed by atoms with Crippen molar-refractivity contribution in [2.24, 2.45) is 0 Å². The summed E-state index contributed by atoms with van der Waals surface area (Å²) >= 11 is 11.7. The molecule has 2 aromatic heterocycles. The molecular weight excluding hydrogens is 309 g/mol. The van der Waals surface area contributed by atoms with Crippen molar-refractivity contribution >= 4 is 34.4 Å². The molecule has 0 bridgehead atoms. The van der Waals surface area contributed by atoms with Crippen LogP contribution in [0.4, 0.5) is 8.78 Å². The molecule has 104 valence electrons.